The highest BCUT2D eigenvalue weighted by Gasteiger charge is 2.17. The maximum Gasteiger partial charge on any atom is 0.318 e. The summed E-state index contributed by atoms with van der Waals surface area (Å²) in [5.41, 5.74) is 0. The van der Waals surface area contributed by atoms with Gasteiger partial charge in [-0.2, -0.15) is 0 Å². The molecule has 1 atom stereocenters. The van der Waals surface area contributed by atoms with E-state index in [1.807, 2.05) is 32.9 Å². The van der Waals surface area contributed by atoms with Crippen LogP contribution in [0.1, 0.15) is 33.0 Å². The zero-order valence-electron chi connectivity index (χ0n) is 13.0. The molecule has 3 amide bonds. The summed E-state index contributed by atoms with van der Waals surface area (Å²) < 4.78 is 5.26. The smallest absolute Gasteiger partial charge is 0.318 e. The fraction of sp³-hybridized carbons (Fsp3) is 0.600. The summed E-state index contributed by atoms with van der Waals surface area (Å²) in [6.07, 6.45) is 3.21. The number of hydrogen-bond acceptors (Lipinski definition) is 3. The van der Waals surface area contributed by atoms with Crippen LogP contribution in [0.3, 0.4) is 0 Å². The first-order chi connectivity index (χ1) is 10.1. The van der Waals surface area contributed by atoms with E-state index in [2.05, 4.69) is 10.6 Å². The van der Waals surface area contributed by atoms with E-state index in [1.165, 1.54) is 4.90 Å². The van der Waals surface area contributed by atoms with Crippen molar-refractivity contribution in [1.82, 2.24) is 15.5 Å². The molecule has 0 fully saturated rings. The largest absolute Gasteiger partial charge is 0.469 e. The van der Waals surface area contributed by atoms with Crippen LogP contribution in [0.4, 0.5) is 4.79 Å². The Balaban J connectivity index is 2.36. The Kier molecular flexibility index (Phi) is 7.36. The van der Waals surface area contributed by atoms with Crippen LogP contribution in [-0.4, -0.2) is 42.5 Å². The molecule has 1 aromatic rings. The van der Waals surface area contributed by atoms with Gasteiger partial charge >= 0.3 is 6.03 Å². The Bertz CT molecular complexity index is 431. The first-order valence-electron chi connectivity index (χ1n) is 7.41. The normalized spacial score (nSPS) is 11.8. The molecule has 1 rings (SSSR count). The minimum atomic E-state index is -0.212. The molecule has 0 bridgehead atoms. The molecule has 118 valence electrons. The third-order valence-electron chi connectivity index (χ3n) is 3.15. The van der Waals surface area contributed by atoms with Crippen LogP contribution in [0.15, 0.2) is 22.8 Å². The van der Waals surface area contributed by atoms with Gasteiger partial charge in [-0.25, -0.2) is 4.79 Å². The fourth-order valence-corrected chi connectivity index (χ4v) is 1.94. The fourth-order valence-electron chi connectivity index (χ4n) is 1.94. The third-order valence-corrected chi connectivity index (χ3v) is 3.15. The van der Waals surface area contributed by atoms with E-state index in [0.717, 1.165) is 18.6 Å². The predicted octanol–water partition coefficient (Wildman–Crippen LogP) is 1.77. The van der Waals surface area contributed by atoms with Crippen LogP contribution in [0, 0.1) is 0 Å². The lowest BCUT2D eigenvalue weighted by molar-refractivity contribution is -0.121. The molecule has 0 spiro atoms. The average Bonchev–Trinajstić information content (AvgIpc) is 2.96. The molecular weight excluding hydrogens is 270 g/mol. The summed E-state index contributed by atoms with van der Waals surface area (Å²) in [6, 6.07) is 3.58. The van der Waals surface area contributed by atoms with Crippen LogP contribution in [0.25, 0.3) is 0 Å². The minimum absolute atomic E-state index is 0.0193. The number of urea groups is 1. The van der Waals surface area contributed by atoms with Crippen LogP contribution in [-0.2, 0) is 11.2 Å². The summed E-state index contributed by atoms with van der Waals surface area (Å²) >= 11 is 0. The first-order valence-corrected chi connectivity index (χ1v) is 7.41. The summed E-state index contributed by atoms with van der Waals surface area (Å²) in [6.45, 7) is 6.80. The molecule has 1 heterocycles. The van der Waals surface area contributed by atoms with E-state index < -0.39 is 0 Å². The van der Waals surface area contributed by atoms with E-state index in [1.54, 1.807) is 6.26 Å². The standard InChI is InChI=1S/C15H25N3O3/c1-4-16-14(19)11-18(5-2)15(20)17-12(3)8-9-13-7-6-10-21-13/h6-7,10,12H,4-5,8-9,11H2,1-3H3,(H,16,19)(H,17,20)/t12-/m1/s1. The Labute approximate surface area is 125 Å². The van der Waals surface area contributed by atoms with Crippen molar-refractivity contribution >= 4 is 11.9 Å². The molecule has 0 radical (unpaired) electrons. The van der Waals surface area contributed by atoms with Gasteiger partial charge in [-0.1, -0.05) is 0 Å². The van der Waals surface area contributed by atoms with E-state index in [0.29, 0.717) is 13.1 Å². The van der Waals surface area contributed by atoms with E-state index in [9.17, 15) is 9.59 Å². The second kappa shape index (κ2) is 9.05. The number of nitrogens with zero attached hydrogens (tertiary/aromatic N) is 1. The molecule has 0 aliphatic carbocycles. The van der Waals surface area contributed by atoms with Crippen LogP contribution in [0.5, 0.6) is 0 Å². The molecule has 21 heavy (non-hydrogen) atoms. The molecule has 0 aliphatic heterocycles. The first kappa shape index (κ1) is 17.1. The Morgan fingerprint density at radius 3 is 2.71 bits per heavy atom. The van der Waals surface area contributed by atoms with Gasteiger partial charge in [0.2, 0.25) is 5.91 Å². The van der Waals surface area contributed by atoms with Gasteiger partial charge < -0.3 is 20.0 Å². The molecule has 6 heteroatoms. The number of hydrogen-bond donors (Lipinski definition) is 2. The topological polar surface area (TPSA) is 74.6 Å². The van der Waals surface area contributed by atoms with E-state index in [-0.39, 0.29) is 24.5 Å². The zero-order valence-corrected chi connectivity index (χ0v) is 13.0. The Hall–Kier alpha value is -1.98. The van der Waals surface area contributed by atoms with Crippen molar-refractivity contribution in [1.29, 1.82) is 0 Å². The SMILES string of the molecule is CCNC(=O)CN(CC)C(=O)N[C@H](C)CCc1ccco1. The molecule has 2 N–H and O–H groups in total. The number of carbonyl (C=O) groups is 2. The van der Waals surface area contributed by atoms with Crippen molar-refractivity contribution < 1.29 is 14.0 Å². The number of nitrogens with one attached hydrogen (secondary N) is 2. The second-order valence-electron chi connectivity index (χ2n) is 4.94. The lowest BCUT2D eigenvalue weighted by atomic mass is 10.1. The second-order valence-corrected chi connectivity index (χ2v) is 4.94. The Morgan fingerprint density at radius 1 is 1.38 bits per heavy atom. The highest BCUT2D eigenvalue weighted by molar-refractivity contribution is 5.84. The van der Waals surface area contributed by atoms with Gasteiger partial charge in [0.15, 0.2) is 0 Å². The van der Waals surface area contributed by atoms with Crippen LogP contribution in [0.2, 0.25) is 0 Å². The highest BCUT2D eigenvalue weighted by Crippen LogP contribution is 2.06. The number of rotatable bonds is 8. The summed E-state index contributed by atoms with van der Waals surface area (Å²) in [7, 11) is 0. The monoisotopic (exact) mass is 295 g/mol. The maximum absolute atomic E-state index is 12.1. The zero-order chi connectivity index (χ0) is 15.7. The van der Waals surface area contributed by atoms with E-state index >= 15 is 0 Å². The summed E-state index contributed by atoms with van der Waals surface area (Å²) in [4.78, 5) is 25.1. The molecule has 6 nitrogen and oxygen atoms in total. The van der Waals surface area contributed by atoms with Gasteiger partial charge in [0.1, 0.15) is 12.3 Å². The predicted molar refractivity (Wildman–Crippen MR) is 81.0 cm³/mol. The maximum atomic E-state index is 12.1. The van der Waals surface area contributed by atoms with Crippen molar-refractivity contribution in [2.24, 2.45) is 0 Å². The van der Waals surface area contributed by atoms with E-state index in [4.69, 9.17) is 4.42 Å². The van der Waals surface area contributed by atoms with Crippen molar-refractivity contribution in [2.45, 2.75) is 39.7 Å². The average molecular weight is 295 g/mol. The molecule has 0 saturated heterocycles. The molecule has 0 aliphatic rings. The van der Waals surface area contributed by atoms with Crippen molar-refractivity contribution in [3.05, 3.63) is 24.2 Å². The number of amides is 3. The molecule has 0 unspecified atom stereocenters. The minimum Gasteiger partial charge on any atom is -0.469 e. The van der Waals surface area contributed by atoms with Crippen molar-refractivity contribution in [2.75, 3.05) is 19.6 Å². The highest BCUT2D eigenvalue weighted by atomic mass is 16.3. The van der Waals surface area contributed by atoms with Gasteiger partial charge in [-0.3, -0.25) is 4.79 Å². The van der Waals surface area contributed by atoms with Gasteiger partial charge in [-0.05, 0) is 39.3 Å². The molecule has 0 saturated carbocycles. The lowest BCUT2D eigenvalue weighted by Crippen LogP contribution is -2.47. The molecule has 0 aromatic carbocycles. The van der Waals surface area contributed by atoms with Gasteiger partial charge in [0.25, 0.3) is 0 Å². The number of furan rings is 1. The van der Waals surface area contributed by atoms with Gasteiger partial charge in [0.05, 0.1) is 6.26 Å². The molecule has 1 aromatic heterocycles. The lowest BCUT2D eigenvalue weighted by Gasteiger charge is -2.23. The number of aryl methyl sites for hydroxylation is 1. The van der Waals surface area contributed by atoms with Gasteiger partial charge in [0, 0.05) is 25.6 Å². The van der Waals surface area contributed by atoms with Crippen LogP contribution >= 0.6 is 0 Å². The van der Waals surface area contributed by atoms with Crippen molar-refractivity contribution in [3.8, 4) is 0 Å². The Morgan fingerprint density at radius 2 is 2.14 bits per heavy atom. The summed E-state index contributed by atoms with van der Waals surface area (Å²) in [5.74, 6) is 0.767. The van der Waals surface area contributed by atoms with Crippen LogP contribution < -0.4 is 10.6 Å². The number of carbonyl (C=O) groups excluding carboxylic acids is 2. The third kappa shape index (κ3) is 6.33. The quantitative estimate of drug-likeness (QED) is 0.767. The number of likely N-dealkylation sites (N-methyl/N-ethyl adjacent to an activating group) is 2. The van der Waals surface area contributed by atoms with Crippen molar-refractivity contribution in [3.63, 3.8) is 0 Å². The summed E-state index contributed by atoms with van der Waals surface area (Å²) in [5, 5.41) is 5.60. The molecular formula is C15H25N3O3. The van der Waals surface area contributed by atoms with Gasteiger partial charge in [-0.15, -0.1) is 0 Å².